The van der Waals surface area contributed by atoms with Crippen LogP contribution >= 0.6 is 0 Å². The predicted molar refractivity (Wildman–Crippen MR) is 122 cm³/mol. The van der Waals surface area contributed by atoms with Crippen molar-refractivity contribution in [2.45, 2.75) is 19.8 Å². The average molecular weight is 468 g/mol. The van der Waals surface area contributed by atoms with Gasteiger partial charge in [-0.15, -0.1) is 0 Å². The molecule has 9 heteroatoms. The third kappa shape index (κ3) is 5.03. The van der Waals surface area contributed by atoms with E-state index in [1.807, 2.05) is 6.07 Å². The van der Waals surface area contributed by atoms with E-state index >= 15 is 0 Å². The summed E-state index contributed by atoms with van der Waals surface area (Å²) >= 11 is 0. The van der Waals surface area contributed by atoms with Crippen molar-refractivity contribution in [3.05, 3.63) is 88.4 Å². The van der Waals surface area contributed by atoms with E-state index in [-0.39, 0.29) is 36.9 Å². The molecule has 0 saturated heterocycles. The molecule has 1 aromatic heterocycles. The molecule has 1 aliphatic rings. The minimum atomic E-state index is -1.52. The largest absolute Gasteiger partial charge is 0.384 e. The molecule has 0 bridgehead atoms. The molecule has 0 unspecified atom stereocenters. The zero-order valence-corrected chi connectivity index (χ0v) is 18.5. The Morgan fingerprint density at radius 2 is 1.85 bits per heavy atom. The number of nitrogens with one attached hydrogen (secondary N) is 2. The van der Waals surface area contributed by atoms with E-state index in [0.29, 0.717) is 23.4 Å². The lowest BCUT2D eigenvalue weighted by Gasteiger charge is -2.23. The molecule has 0 aliphatic carbocycles. The maximum atomic E-state index is 13.6. The lowest BCUT2D eigenvalue weighted by molar-refractivity contribution is -0.118. The van der Waals surface area contributed by atoms with Gasteiger partial charge in [-0.25, -0.2) is 18.2 Å². The molecule has 0 spiro atoms. The number of carbonyl (C=O) groups is 2. The van der Waals surface area contributed by atoms with Crippen molar-refractivity contribution in [2.24, 2.45) is 0 Å². The van der Waals surface area contributed by atoms with Crippen molar-refractivity contribution in [3.63, 3.8) is 0 Å². The van der Waals surface area contributed by atoms with Crippen LogP contribution in [0.15, 0.2) is 48.7 Å². The minimum absolute atomic E-state index is 0.113. The Labute approximate surface area is 194 Å². The van der Waals surface area contributed by atoms with Crippen LogP contribution in [0.4, 0.5) is 24.7 Å². The van der Waals surface area contributed by atoms with Crippen LogP contribution in [0.3, 0.4) is 0 Å². The molecule has 6 nitrogen and oxygen atoms in total. The summed E-state index contributed by atoms with van der Waals surface area (Å²) < 4.78 is 40.6. The van der Waals surface area contributed by atoms with Crippen molar-refractivity contribution in [1.82, 2.24) is 10.3 Å². The molecule has 2 aromatic carbocycles. The van der Waals surface area contributed by atoms with E-state index < -0.39 is 17.5 Å². The van der Waals surface area contributed by atoms with Gasteiger partial charge >= 0.3 is 0 Å². The van der Waals surface area contributed by atoms with Crippen LogP contribution in [0.2, 0.25) is 0 Å². The molecule has 34 heavy (non-hydrogen) atoms. The molecule has 2 amide bonds. The lowest BCUT2D eigenvalue weighted by atomic mass is 10.0. The molecular formula is C25H23F3N4O2. The number of hydrogen-bond acceptors (Lipinski definition) is 4. The van der Waals surface area contributed by atoms with Crippen molar-refractivity contribution in [3.8, 4) is 0 Å². The highest BCUT2D eigenvalue weighted by Crippen LogP contribution is 2.28. The van der Waals surface area contributed by atoms with Gasteiger partial charge in [0.25, 0.3) is 5.91 Å². The number of aromatic nitrogens is 1. The van der Waals surface area contributed by atoms with Crippen molar-refractivity contribution in [1.29, 1.82) is 0 Å². The van der Waals surface area contributed by atoms with Crippen LogP contribution in [0.5, 0.6) is 0 Å². The normalized spacial score (nSPS) is 12.1. The monoisotopic (exact) mass is 468 g/mol. The van der Waals surface area contributed by atoms with E-state index in [1.165, 1.54) is 18.0 Å². The first-order valence-electron chi connectivity index (χ1n) is 10.8. The maximum Gasteiger partial charge on any atom is 0.259 e. The number of anilines is 2. The van der Waals surface area contributed by atoms with Gasteiger partial charge in [-0.3, -0.25) is 14.5 Å². The van der Waals surface area contributed by atoms with E-state index in [4.69, 9.17) is 0 Å². The Balaban J connectivity index is 1.65. The smallest absolute Gasteiger partial charge is 0.259 e. The van der Waals surface area contributed by atoms with Gasteiger partial charge in [0.1, 0.15) is 5.82 Å². The number of fused-ring (bicyclic) bond motifs is 1. The lowest BCUT2D eigenvalue weighted by Crippen LogP contribution is -2.39. The standard InChI is InChI=1S/C25H23F3N4O2/c1-15(33)29-9-10-32(25(34)19-3-2-4-22-18(19)6-8-30-22)23-14-16(5-7-31-23)11-17-12-20(26)24(28)21(27)13-17/h2-5,7,12-14,30H,6,8-11H2,1H3,(H,29,33). The number of pyridine rings is 1. The van der Waals surface area contributed by atoms with Crippen LogP contribution in [-0.2, 0) is 17.6 Å². The van der Waals surface area contributed by atoms with E-state index in [2.05, 4.69) is 15.6 Å². The van der Waals surface area contributed by atoms with Crippen LogP contribution < -0.4 is 15.5 Å². The summed E-state index contributed by atoms with van der Waals surface area (Å²) in [7, 11) is 0. The maximum absolute atomic E-state index is 13.6. The first-order chi connectivity index (χ1) is 16.3. The topological polar surface area (TPSA) is 74.3 Å². The predicted octanol–water partition coefficient (Wildman–Crippen LogP) is 3.84. The van der Waals surface area contributed by atoms with Gasteiger partial charge in [0.05, 0.1) is 0 Å². The van der Waals surface area contributed by atoms with Crippen LogP contribution in [-0.4, -0.2) is 36.4 Å². The highest BCUT2D eigenvalue weighted by atomic mass is 19.2. The fourth-order valence-corrected chi connectivity index (χ4v) is 4.02. The molecule has 2 N–H and O–H groups in total. The van der Waals surface area contributed by atoms with E-state index in [9.17, 15) is 22.8 Å². The van der Waals surface area contributed by atoms with Crippen molar-refractivity contribution in [2.75, 3.05) is 29.9 Å². The Kier molecular flexibility index (Phi) is 6.81. The molecule has 2 heterocycles. The fourth-order valence-electron chi connectivity index (χ4n) is 4.02. The first kappa shape index (κ1) is 23.3. The summed E-state index contributed by atoms with van der Waals surface area (Å²) in [6, 6.07) is 10.7. The van der Waals surface area contributed by atoms with Crippen LogP contribution in [0.1, 0.15) is 34.0 Å². The second-order valence-electron chi connectivity index (χ2n) is 8.02. The molecule has 0 fully saturated rings. The number of halogens is 3. The second kappa shape index (κ2) is 9.94. The molecule has 0 saturated carbocycles. The van der Waals surface area contributed by atoms with Crippen molar-refractivity contribution >= 4 is 23.3 Å². The van der Waals surface area contributed by atoms with Crippen molar-refractivity contribution < 1.29 is 22.8 Å². The first-order valence-corrected chi connectivity index (χ1v) is 10.8. The third-order valence-corrected chi connectivity index (χ3v) is 5.59. The molecular weight excluding hydrogens is 445 g/mol. The van der Waals surface area contributed by atoms with Gasteiger partial charge in [0.15, 0.2) is 17.5 Å². The van der Waals surface area contributed by atoms with Gasteiger partial charge in [0.2, 0.25) is 5.91 Å². The summed E-state index contributed by atoms with van der Waals surface area (Å²) in [5.41, 5.74) is 3.25. The number of hydrogen-bond donors (Lipinski definition) is 2. The van der Waals surface area contributed by atoms with E-state index in [0.717, 1.165) is 29.9 Å². The fraction of sp³-hybridized carbons (Fsp3) is 0.240. The Morgan fingerprint density at radius 1 is 1.09 bits per heavy atom. The Morgan fingerprint density at radius 3 is 2.59 bits per heavy atom. The highest BCUT2D eigenvalue weighted by Gasteiger charge is 2.25. The summed E-state index contributed by atoms with van der Waals surface area (Å²) in [6.45, 7) is 2.52. The molecule has 0 radical (unpaired) electrons. The summed E-state index contributed by atoms with van der Waals surface area (Å²) in [5, 5.41) is 5.94. The van der Waals surface area contributed by atoms with Gasteiger partial charge in [-0.2, -0.15) is 0 Å². The number of nitrogens with zero attached hydrogens (tertiary/aromatic N) is 2. The van der Waals surface area contributed by atoms with Crippen LogP contribution in [0.25, 0.3) is 0 Å². The van der Waals surface area contributed by atoms with Gasteiger partial charge in [-0.05, 0) is 65.9 Å². The highest BCUT2D eigenvalue weighted by molar-refractivity contribution is 6.07. The quantitative estimate of drug-likeness (QED) is 0.517. The molecule has 1 aliphatic heterocycles. The zero-order chi connectivity index (χ0) is 24.2. The Hall–Kier alpha value is -3.88. The van der Waals surface area contributed by atoms with Crippen LogP contribution in [0, 0.1) is 17.5 Å². The summed E-state index contributed by atoms with van der Waals surface area (Å²) in [4.78, 5) is 30.8. The third-order valence-electron chi connectivity index (χ3n) is 5.59. The summed E-state index contributed by atoms with van der Waals surface area (Å²) in [5.74, 6) is -4.20. The molecule has 176 valence electrons. The SMILES string of the molecule is CC(=O)NCCN(C(=O)c1cccc2c1CCN2)c1cc(Cc2cc(F)c(F)c(F)c2)ccn1. The molecule has 3 aromatic rings. The number of carbonyl (C=O) groups excluding carboxylic acids is 2. The minimum Gasteiger partial charge on any atom is -0.384 e. The van der Waals surface area contributed by atoms with Gasteiger partial charge in [-0.1, -0.05) is 6.07 Å². The average Bonchev–Trinajstić information content (AvgIpc) is 3.29. The summed E-state index contributed by atoms with van der Waals surface area (Å²) in [6.07, 6.45) is 2.32. The molecule has 0 atom stereocenters. The van der Waals surface area contributed by atoms with Gasteiger partial charge < -0.3 is 10.6 Å². The zero-order valence-electron chi connectivity index (χ0n) is 18.5. The Bertz CT molecular complexity index is 1230. The number of rotatable bonds is 7. The number of amides is 2. The van der Waals surface area contributed by atoms with E-state index in [1.54, 1.807) is 24.3 Å². The second-order valence-corrected chi connectivity index (χ2v) is 8.02. The number of benzene rings is 2. The van der Waals surface area contributed by atoms with Gasteiger partial charge in [0, 0.05) is 44.0 Å². The molecule has 4 rings (SSSR count).